The highest BCUT2D eigenvalue weighted by atomic mass is 79.9. The van der Waals surface area contributed by atoms with E-state index >= 15 is 0 Å². The van der Waals surface area contributed by atoms with E-state index in [0.29, 0.717) is 13.1 Å². The van der Waals surface area contributed by atoms with E-state index in [1.165, 1.54) is 22.1 Å². The molecular weight excluding hydrogens is 486 g/mol. The number of nitrogens with zero attached hydrogens (tertiary/aromatic N) is 3. The number of aromatic nitrogens is 3. The maximum atomic E-state index is 11.2. The van der Waals surface area contributed by atoms with Gasteiger partial charge in [0.2, 0.25) is 0 Å². The van der Waals surface area contributed by atoms with Gasteiger partial charge in [0.15, 0.2) is 0 Å². The summed E-state index contributed by atoms with van der Waals surface area (Å²) in [4.78, 5) is 0. The Bertz CT molecular complexity index is 1450. The lowest BCUT2D eigenvalue weighted by atomic mass is 9.98. The zero-order valence-electron chi connectivity index (χ0n) is 19.7. The third-order valence-corrected chi connectivity index (χ3v) is 7.55. The smallest absolute Gasteiger partial charge is 0.0914 e. The van der Waals surface area contributed by atoms with Crippen molar-refractivity contribution in [1.82, 2.24) is 14.3 Å². The second-order valence-electron chi connectivity index (χ2n) is 8.91. The Balaban J connectivity index is 1.68. The third-order valence-electron chi connectivity index (χ3n) is 6.40. The van der Waals surface area contributed by atoms with Crippen LogP contribution in [0.25, 0.3) is 33.3 Å². The number of hydrogen-bond acceptors (Lipinski definition) is 2. The predicted molar refractivity (Wildman–Crippen MR) is 143 cm³/mol. The van der Waals surface area contributed by atoms with Gasteiger partial charge in [0.25, 0.3) is 0 Å². The van der Waals surface area contributed by atoms with Crippen molar-refractivity contribution >= 4 is 26.8 Å². The zero-order chi connectivity index (χ0) is 23.8. The molecule has 0 aliphatic heterocycles. The molecule has 5 rings (SSSR count). The molecule has 1 atom stereocenters. The molecule has 0 amide bonds. The van der Waals surface area contributed by atoms with E-state index in [0.717, 1.165) is 32.6 Å². The van der Waals surface area contributed by atoms with E-state index < -0.39 is 6.10 Å². The molecule has 34 heavy (non-hydrogen) atoms. The molecule has 2 aromatic heterocycles. The fourth-order valence-corrected chi connectivity index (χ4v) is 5.06. The van der Waals surface area contributed by atoms with Crippen LogP contribution >= 0.6 is 15.9 Å². The quantitative estimate of drug-likeness (QED) is 0.267. The Morgan fingerprint density at radius 3 is 2.12 bits per heavy atom. The summed E-state index contributed by atoms with van der Waals surface area (Å²) in [6, 6.07) is 27.6. The van der Waals surface area contributed by atoms with E-state index in [2.05, 4.69) is 99.2 Å². The topological polar surface area (TPSA) is 43.0 Å². The molecule has 0 saturated carbocycles. The minimum absolute atomic E-state index is 0.429. The second-order valence-corrected chi connectivity index (χ2v) is 9.70. The first kappa shape index (κ1) is 22.6. The summed E-state index contributed by atoms with van der Waals surface area (Å²) < 4.78 is 5.16. The lowest BCUT2D eigenvalue weighted by Gasteiger charge is -2.18. The lowest BCUT2D eigenvalue weighted by molar-refractivity contribution is 0.131. The average Bonchev–Trinajstić information content (AvgIpc) is 3.28. The number of rotatable bonds is 6. The summed E-state index contributed by atoms with van der Waals surface area (Å²) in [5.74, 6) is 0. The fourth-order valence-electron chi connectivity index (χ4n) is 4.77. The van der Waals surface area contributed by atoms with Crippen LogP contribution in [0, 0.1) is 20.8 Å². The number of aliphatic hydroxyl groups is 1. The van der Waals surface area contributed by atoms with Gasteiger partial charge in [-0.1, -0.05) is 72.3 Å². The standard InChI is InChI=1S/C29H28BrN3O/c1-19-14-15-26-25(16-19)27(22-10-6-4-7-11-22)29(23-12-8-5-9-13-23)32(26)17-24(34)18-33-21(3)28(30)20(2)31-33/h4-16,24,34H,17-18H2,1-3H3/t24-/m1/s1. The van der Waals surface area contributed by atoms with Crippen molar-refractivity contribution in [2.45, 2.75) is 40.0 Å². The maximum Gasteiger partial charge on any atom is 0.0914 e. The normalized spacial score (nSPS) is 12.4. The first-order valence-electron chi connectivity index (χ1n) is 11.5. The van der Waals surface area contributed by atoms with Gasteiger partial charge in [-0.05, 0) is 60.0 Å². The molecule has 0 saturated heterocycles. The number of benzene rings is 3. The van der Waals surface area contributed by atoms with Crippen LogP contribution < -0.4 is 0 Å². The first-order chi connectivity index (χ1) is 16.4. The summed E-state index contributed by atoms with van der Waals surface area (Å²) in [5.41, 5.74) is 8.93. The molecule has 1 N–H and O–H groups in total. The van der Waals surface area contributed by atoms with Gasteiger partial charge in [-0.15, -0.1) is 0 Å². The zero-order valence-corrected chi connectivity index (χ0v) is 21.2. The highest BCUT2D eigenvalue weighted by Gasteiger charge is 2.22. The molecule has 5 aromatic rings. The Morgan fingerprint density at radius 1 is 0.853 bits per heavy atom. The van der Waals surface area contributed by atoms with Crippen molar-refractivity contribution in [3.05, 3.63) is 100 Å². The molecule has 0 unspecified atom stereocenters. The maximum absolute atomic E-state index is 11.2. The van der Waals surface area contributed by atoms with Gasteiger partial charge in [0, 0.05) is 22.2 Å². The number of aliphatic hydroxyl groups excluding tert-OH is 1. The third kappa shape index (κ3) is 4.10. The average molecular weight is 514 g/mol. The van der Waals surface area contributed by atoms with Crippen LogP contribution in [-0.2, 0) is 13.1 Å². The van der Waals surface area contributed by atoms with Crippen molar-refractivity contribution in [1.29, 1.82) is 0 Å². The van der Waals surface area contributed by atoms with Gasteiger partial charge in [-0.2, -0.15) is 5.10 Å². The van der Waals surface area contributed by atoms with Gasteiger partial charge in [-0.25, -0.2) is 0 Å². The molecule has 0 aliphatic carbocycles. The monoisotopic (exact) mass is 513 g/mol. The molecule has 3 aromatic carbocycles. The fraction of sp³-hybridized carbons (Fsp3) is 0.207. The van der Waals surface area contributed by atoms with Gasteiger partial charge >= 0.3 is 0 Å². The SMILES string of the molecule is Cc1ccc2c(c1)c(-c1ccccc1)c(-c1ccccc1)n2C[C@@H](O)Cn1nc(C)c(Br)c1C. The predicted octanol–water partition coefficient (Wildman–Crippen LogP) is 6.92. The van der Waals surface area contributed by atoms with Crippen LogP contribution in [0.15, 0.2) is 83.3 Å². The summed E-state index contributed by atoms with van der Waals surface area (Å²) in [5, 5.41) is 17.0. The van der Waals surface area contributed by atoms with Gasteiger partial charge in [0.05, 0.1) is 35.1 Å². The Hall–Kier alpha value is -3.15. The Labute approximate surface area is 208 Å². The van der Waals surface area contributed by atoms with E-state index in [1.54, 1.807) is 0 Å². The van der Waals surface area contributed by atoms with Crippen LogP contribution in [0.2, 0.25) is 0 Å². The van der Waals surface area contributed by atoms with Gasteiger partial charge in [-0.3, -0.25) is 4.68 Å². The van der Waals surface area contributed by atoms with Crippen LogP contribution in [0.1, 0.15) is 17.0 Å². The minimum atomic E-state index is -0.604. The lowest BCUT2D eigenvalue weighted by Crippen LogP contribution is -2.23. The van der Waals surface area contributed by atoms with Gasteiger partial charge < -0.3 is 9.67 Å². The summed E-state index contributed by atoms with van der Waals surface area (Å²) in [6.07, 6.45) is -0.604. The number of hydrogen-bond donors (Lipinski definition) is 1. The Morgan fingerprint density at radius 2 is 1.50 bits per heavy atom. The molecule has 4 nitrogen and oxygen atoms in total. The van der Waals surface area contributed by atoms with Crippen LogP contribution in [0.4, 0.5) is 0 Å². The molecule has 0 aliphatic rings. The van der Waals surface area contributed by atoms with E-state index in [4.69, 9.17) is 0 Å². The largest absolute Gasteiger partial charge is 0.389 e. The Kier molecular flexibility index (Phi) is 6.15. The van der Waals surface area contributed by atoms with Crippen molar-refractivity contribution in [2.24, 2.45) is 0 Å². The van der Waals surface area contributed by atoms with Gasteiger partial charge in [0.1, 0.15) is 0 Å². The van der Waals surface area contributed by atoms with Crippen LogP contribution in [0.5, 0.6) is 0 Å². The van der Waals surface area contributed by atoms with Crippen molar-refractivity contribution < 1.29 is 5.11 Å². The first-order valence-corrected chi connectivity index (χ1v) is 12.3. The summed E-state index contributed by atoms with van der Waals surface area (Å²) in [7, 11) is 0. The van der Waals surface area contributed by atoms with E-state index in [-0.39, 0.29) is 0 Å². The van der Waals surface area contributed by atoms with Crippen LogP contribution in [-0.4, -0.2) is 25.6 Å². The summed E-state index contributed by atoms with van der Waals surface area (Å²) >= 11 is 3.60. The van der Waals surface area contributed by atoms with E-state index in [1.807, 2.05) is 30.7 Å². The molecule has 0 radical (unpaired) electrons. The highest BCUT2D eigenvalue weighted by Crippen LogP contribution is 2.41. The molecule has 0 bridgehead atoms. The highest BCUT2D eigenvalue weighted by molar-refractivity contribution is 9.10. The molecular formula is C29H28BrN3O. The molecule has 172 valence electrons. The number of halogens is 1. The second kappa shape index (κ2) is 9.24. The number of aryl methyl sites for hydroxylation is 2. The van der Waals surface area contributed by atoms with Crippen LogP contribution in [0.3, 0.4) is 0 Å². The summed E-state index contributed by atoms with van der Waals surface area (Å²) in [6.45, 7) is 7.02. The molecule has 0 fully saturated rings. The van der Waals surface area contributed by atoms with Crippen molar-refractivity contribution in [3.8, 4) is 22.4 Å². The number of fused-ring (bicyclic) bond motifs is 1. The van der Waals surface area contributed by atoms with E-state index in [9.17, 15) is 5.11 Å². The van der Waals surface area contributed by atoms with Crippen molar-refractivity contribution in [2.75, 3.05) is 0 Å². The molecule has 2 heterocycles. The van der Waals surface area contributed by atoms with Crippen molar-refractivity contribution in [3.63, 3.8) is 0 Å². The molecule has 0 spiro atoms. The molecule has 5 heteroatoms. The minimum Gasteiger partial charge on any atom is -0.389 e.